The van der Waals surface area contributed by atoms with Gasteiger partial charge >= 0.3 is 6.01 Å². The van der Waals surface area contributed by atoms with Crippen LogP contribution in [0.5, 0.6) is 0 Å². The van der Waals surface area contributed by atoms with Crippen LogP contribution in [0.3, 0.4) is 0 Å². The van der Waals surface area contributed by atoms with Gasteiger partial charge in [-0.1, -0.05) is 5.10 Å². The lowest BCUT2D eigenvalue weighted by atomic mass is 10.4. The summed E-state index contributed by atoms with van der Waals surface area (Å²) in [6.07, 6.45) is 2.74. The number of aromatic nitrogens is 2. The average molecular weight is 253 g/mol. The van der Waals surface area contributed by atoms with Crippen LogP contribution in [0, 0.1) is 0 Å². The molecule has 1 aromatic rings. The number of nitrogens with zero attached hydrogens (tertiary/aromatic N) is 4. The molecule has 0 radical (unpaired) electrons. The van der Waals surface area contributed by atoms with Crippen molar-refractivity contribution in [3.8, 4) is 0 Å². The van der Waals surface area contributed by atoms with Gasteiger partial charge in [0, 0.05) is 33.1 Å². The second-order valence-corrected chi connectivity index (χ2v) is 4.46. The molecule has 1 amide bonds. The van der Waals surface area contributed by atoms with Crippen LogP contribution in [-0.2, 0) is 11.2 Å². The Kier molecular flexibility index (Phi) is 4.14. The Labute approximate surface area is 106 Å². The highest BCUT2D eigenvalue weighted by Crippen LogP contribution is 2.12. The van der Waals surface area contributed by atoms with Crippen LogP contribution < -0.4 is 10.6 Å². The zero-order chi connectivity index (χ0) is 13.0. The van der Waals surface area contributed by atoms with Crippen molar-refractivity contribution in [3.63, 3.8) is 0 Å². The van der Waals surface area contributed by atoms with E-state index in [9.17, 15) is 4.79 Å². The Morgan fingerprint density at radius 3 is 2.83 bits per heavy atom. The van der Waals surface area contributed by atoms with Crippen LogP contribution in [0.15, 0.2) is 4.42 Å². The van der Waals surface area contributed by atoms with Crippen molar-refractivity contribution < 1.29 is 9.21 Å². The Morgan fingerprint density at radius 2 is 2.17 bits per heavy atom. The molecule has 1 saturated heterocycles. The van der Waals surface area contributed by atoms with Crippen LogP contribution in [-0.4, -0.2) is 54.2 Å². The van der Waals surface area contributed by atoms with Crippen molar-refractivity contribution in [1.82, 2.24) is 15.1 Å². The molecule has 2 rings (SSSR count). The summed E-state index contributed by atoms with van der Waals surface area (Å²) in [5, 5.41) is 7.77. The number of amides is 1. The van der Waals surface area contributed by atoms with Gasteiger partial charge in [0.1, 0.15) is 6.54 Å². The van der Waals surface area contributed by atoms with Gasteiger partial charge in [-0.15, -0.1) is 5.10 Å². The zero-order valence-electron chi connectivity index (χ0n) is 10.6. The van der Waals surface area contributed by atoms with E-state index in [0.717, 1.165) is 25.9 Å². The molecular weight excluding hydrogens is 234 g/mol. The second kappa shape index (κ2) is 5.81. The van der Waals surface area contributed by atoms with Crippen LogP contribution >= 0.6 is 0 Å². The maximum absolute atomic E-state index is 11.9. The van der Waals surface area contributed by atoms with Crippen molar-refractivity contribution in [3.05, 3.63) is 5.89 Å². The Hall–Kier alpha value is -1.63. The van der Waals surface area contributed by atoms with Crippen molar-refractivity contribution >= 4 is 11.9 Å². The first kappa shape index (κ1) is 12.8. The van der Waals surface area contributed by atoms with Gasteiger partial charge in [0.25, 0.3) is 0 Å². The minimum absolute atomic E-state index is 0.105. The number of likely N-dealkylation sites (N-methyl/N-ethyl adjacent to an activating group) is 1. The van der Waals surface area contributed by atoms with Crippen LogP contribution in [0.1, 0.15) is 18.7 Å². The summed E-state index contributed by atoms with van der Waals surface area (Å²) in [6.45, 7) is 2.45. The minimum Gasteiger partial charge on any atom is -0.408 e. The van der Waals surface area contributed by atoms with Crippen molar-refractivity contribution in [2.24, 2.45) is 5.73 Å². The first-order valence-electron chi connectivity index (χ1n) is 6.22. The van der Waals surface area contributed by atoms with Crippen LogP contribution in [0.25, 0.3) is 0 Å². The molecule has 100 valence electrons. The molecule has 2 N–H and O–H groups in total. The van der Waals surface area contributed by atoms with Gasteiger partial charge < -0.3 is 20.0 Å². The maximum atomic E-state index is 11.9. The summed E-state index contributed by atoms with van der Waals surface area (Å²) in [5.74, 6) is 0.613. The summed E-state index contributed by atoms with van der Waals surface area (Å²) in [4.78, 5) is 15.5. The van der Waals surface area contributed by atoms with E-state index < -0.39 is 0 Å². The number of anilines is 1. The van der Waals surface area contributed by atoms with Crippen molar-refractivity contribution in [1.29, 1.82) is 0 Å². The molecule has 0 aliphatic carbocycles. The lowest BCUT2D eigenvalue weighted by Crippen LogP contribution is -2.37. The molecule has 18 heavy (non-hydrogen) atoms. The Morgan fingerprint density at radius 1 is 1.44 bits per heavy atom. The lowest BCUT2D eigenvalue weighted by Gasteiger charge is -2.19. The zero-order valence-corrected chi connectivity index (χ0v) is 10.6. The molecule has 1 aliphatic rings. The fourth-order valence-corrected chi connectivity index (χ4v) is 1.96. The predicted molar refractivity (Wildman–Crippen MR) is 66.1 cm³/mol. The van der Waals surface area contributed by atoms with Crippen molar-refractivity contribution in [2.45, 2.75) is 19.3 Å². The number of carbonyl (C=O) groups is 1. The molecule has 0 bridgehead atoms. The molecule has 7 heteroatoms. The molecule has 0 atom stereocenters. The van der Waals surface area contributed by atoms with Crippen LogP contribution in [0.2, 0.25) is 0 Å². The third-order valence-corrected chi connectivity index (χ3v) is 2.97. The first-order valence-corrected chi connectivity index (χ1v) is 6.22. The van der Waals surface area contributed by atoms with Crippen molar-refractivity contribution in [2.75, 3.05) is 38.1 Å². The van der Waals surface area contributed by atoms with Gasteiger partial charge in [-0.3, -0.25) is 4.79 Å². The van der Waals surface area contributed by atoms with Gasteiger partial charge in [-0.05, 0) is 12.8 Å². The second-order valence-electron chi connectivity index (χ2n) is 4.46. The number of rotatable bonds is 5. The maximum Gasteiger partial charge on any atom is 0.318 e. The molecule has 0 saturated carbocycles. The van der Waals surface area contributed by atoms with E-state index in [2.05, 4.69) is 10.2 Å². The van der Waals surface area contributed by atoms with E-state index in [4.69, 9.17) is 10.2 Å². The van der Waals surface area contributed by atoms with E-state index in [1.807, 2.05) is 4.90 Å². The smallest absolute Gasteiger partial charge is 0.318 e. The minimum atomic E-state index is 0.105. The number of likely N-dealkylation sites (tertiary alicyclic amines) is 1. The van der Waals surface area contributed by atoms with Crippen LogP contribution in [0.4, 0.5) is 6.01 Å². The summed E-state index contributed by atoms with van der Waals surface area (Å²) in [7, 11) is 1.77. The first-order chi connectivity index (χ1) is 8.70. The van der Waals surface area contributed by atoms with Gasteiger partial charge in [0.15, 0.2) is 0 Å². The van der Waals surface area contributed by atoms with Gasteiger partial charge in [0.2, 0.25) is 11.8 Å². The average Bonchev–Trinajstić information content (AvgIpc) is 3.00. The molecule has 0 unspecified atom stereocenters. The summed E-state index contributed by atoms with van der Waals surface area (Å²) in [6, 6.07) is 0.367. The highest BCUT2D eigenvalue weighted by atomic mass is 16.4. The monoisotopic (exact) mass is 253 g/mol. The predicted octanol–water partition coefficient (Wildman–Crippen LogP) is -0.371. The normalized spacial score (nSPS) is 15.1. The van der Waals surface area contributed by atoms with Gasteiger partial charge in [0.05, 0.1) is 0 Å². The van der Waals surface area contributed by atoms with E-state index >= 15 is 0 Å². The van der Waals surface area contributed by atoms with Gasteiger partial charge in [-0.25, -0.2) is 0 Å². The van der Waals surface area contributed by atoms with E-state index in [0.29, 0.717) is 24.9 Å². The topological polar surface area (TPSA) is 88.5 Å². The molecule has 1 fully saturated rings. The van der Waals surface area contributed by atoms with E-state index in [1.54, 1.807) is 11.9 Å². The van der Waals surface area contributed by atoms with E-state index in [-0.39, 0.29) is 12.5 Å². The molecular formula is C11H19N5O2. The molecule has 0 spiro atoms. The van der Waals surface area contributed by atoms with Gasteiger partial charge in [-0.2, -0.15) is 0 Å². The molecule has 7 nitrogen and oxygen atoms in total. The quantitative estimate of drug-likeness (QED) is 0.770. The summed E-state index contributed by atoms with van der Waals surface area (Å²) < 4.78 is 5.40. The fourth-order valence-electron chi connectivity index (χ4n) is 1.96. The third kappa shape index (κ3) is 2.98. The number of hydrogen-bond donors (Lipinski definition) is 1. The summed E-state index contributed by atoms with van der Waals surface area (Å²) >= 11 is 0. The highest BCUT2D eigenvalue weighted by Gasteiger charge is 2.21. The lowest BCUT2D eigenvalue weighted by molar-refractivity contribution is -0.128. The number of hydrogen-bond acceptors (Lipinski definition) is 6. The Balaban J connectivity index is 1.89. The van der Waals surface area contributed by atoms with E-state index in [1.165, 1.54) is 0 Å². The molecule has 0 aromatic carbocycles. The number of carbonyl (C=O) groups excluding carboxylic acids is 1. The molecule has 2 heterocycles. The number of nitrogens with two attached hydrogens (primary N) is 1. The largest absolute Gasteiger partial charge is 0.408 e. The standard InChI is InChI=1S/C11H19N5O2/c1-15(8-10(17)16-6-2-3-7-16)11-14-13-9(18-11)4-5-12/h2-8,12H2,1H3. The third-order valence-electron chi connectivity index (χ3n) is 2.97. The summed E-state index contributed by atoms with van der Waals surface area (Å²) in [5.41, 5.74) is 5.41. The molecule has 1 aliphatic heterocycles. The molecule has 1 aromatic heterocycles. The SMILES string of the molecule is CN(CC(=O)N1CCCC1)c1nnc(CCN)o1. The fraction of sp³-hybridized carbons (Fsp3) is 0.727. The Bertz CT molecular complexity index is 400. The highest BCUT2D eigenvalue weighted by molar-refractivity contribution is 5.80.